The highest BCUT2D eigenvalue weighted by atomic mass is 16.5. The molecule has 1 amide bonds. The largest absolute Gasteiger partial charge is 0.493 e. The molecular weight excluding hydrogens is 408 g/mol. The van der Waals surface area contributed by atoms with Gasteiger partial charge in [0, 0.05) is 18.9 Å². The van der Waals surface area contributed by atoms with Crippen molar-refractivity contribution in [3.63, 3.8) is 0 Å². The second-order valence-electron chi connectivity index (χ2n) is 7.48. The standard InChI is InChI=1S/C25H20N2O5/c1-30-19-8-7-16(13-20(19)31-2)22-21-23(28)17-5-3-4-6-18(17)32-24(21)25(29)27(22)14-15-9-11-26-12-10-15/h3-13,22H,14H2,1-2H3/t22-/m0/s1. The van der Waals surface area contributed by atoms with Crippen LogP contribution in [0.2, 0.25) is 0 Å². The molecule has 2 aromatic heterocycles. The molecule has 1 aliphatic heterocycles. The van der Waals surface area contributed by atoms with Crippen LogP contribution in [-0.2, 0) is 6.54 Å². The molecule has 4 aromatic rings. The molecule has 0 spiro atoms. The monoisotopic (exact) mass is 428 g/mol. The number of carbonyl (C=O) groups is 1. The number of benzene rings is 2. The van der Waals surface area contributed by atoms with Crippen LogP contribution in [0.15, 0.2) is 76.2 Å². The average molecular weight is 428 g/mol. The van der Waals surface area contributed by atoms with E-state index in [-0.39, 0.29) is 17.1 Å². The number of amides is 1. The molecule has 7 heteroatoms. The second-order valence-corrected chi connectivity index (χ2v) is 7.48. The van der Waals surface area contributed by atoms with Crippen molar-refractivity contribution in [3.05, 3.63) is 99.7 Å². The van der Waals surface area contributed by atoms with Gasteiger partial charge in [0.2, 0.25) is 5.76 Å². The van der Waals surface area contributed by atoms with Crippen molar-refractivity contribution in [2.45, 2.75) is 12.6 Å². The maximum absolute atomic E-state index is 13.5. The van der Waals surface area contributed by atoms with E-state index < -0.39 is 6.04 Å². The van der Waals surface area contributed by atoms with Gasteiger partial charge in [-0.2, -0.15) is 0 Å². The fraction of sp³-hybridized carbons (Fsp3) is 0.160. The van der Waals surface area contributed by atoms with Crippen LogP contribution < -0.4 is 14.9 Å². The Bertz CT molecular complexity index is 1380. The van der Waals surface area contributed by atoms with Gasteiger partial charge in [0.15, 0.2) is 16.9 Å². The lowest BCUT2D eigenvalue weighted by Crippen LogP contribution is -2.29. The molecule has 160 valence electrons. The van der Waals surface area contributed by atoms with E-state index in [4.69, 9.17) is 13.9 Å². The summed E-state index contributed by atoms with van der Waals surface area (Å²) >= 11 is 0. The Morgan fingerprint density at radius 1 is 0.969 bits per heavy atom. The van der Waals surface area contributed by atoms with Gasteiger partial charge < -0.3 is 18.8 Å². The Hall–Kier alpha value is -4.13. The van der Waals surface area contributed by atoms with Gasteiger partial charge in [-0.05, 0) is 47.5 Å². The van der Waals surface area contributed by atoms with E-state index in [1.165, 1.54) is 0 Å². The van der Waals surface area contributed by atoms with Crippen molar-refractivity contribution in [1.82, 2.24) is 9.88 Å². The molecule has 7 nitrogen and oxygen atoms in total. The third kappa shape index (κ3) is 3.10. The highest BCUT2D eigenvalue weighted by Crippen LogP contribution is 2.41. The quantitative estimate of drug-likeness (QED) is 0.479. The minimum Gasteiger partial charge on any atom is -0.493 e. The number of methoxy groups -OCH3 is 2. The first kappa shape index (κ1) is 19.8. The molecule has 0 N–H and O–H groups in total. The first-order chi connectivity index (χ1) is 15.6. The fourth-order valence-corrected chi connectivity index (χ4v) is 4.18. The van der Waals surface area contributed by atoms with Crippen LogP contribution in [0.4, 0.5) is 0 Å². The zero-order valence-corrected chi connectivity index (χ0v) is 17.6. The Morgan fingerprint density at radius 2 is 1.72 bits per heavy atom. The lowest BCUT2D eigenvalue weighted by atomic mass is 9.98. The van der Waals surface area contributed by atoms with Crippen LogP contribution in [0, 0.1) is 0 Å². The Kier molecular flexibility index (Phi) is 4.86. The van der Waals surface area contributed by atoms with Crippen molar-refractivity contribution >= 4 is 16.9 Å². The number of pyridine rings is 1. The second kappa shape index (κ2) is 7.85. The molecule has 1 atom stereocenters. The van der Waals surface area contributed by atoms with Crippen LogP contribution in [0.1, 0.15) is 33.3 Å². The minimum atomic E-state index is -0.633. The smallest absolute Gasteiger partial charge is 0.291 e. The van der Waals surface area contributed by atoms with Crippen LogP contribution in [0.3, 0.4) is 0 Å². The van der Waals surface area contributed by atoms with Gasteiger partial charge in [-0.1, -0.05) is 18.2 Å². The van der Waals surface area contributed by atoms with E-state index in [0.29, 0.717) is 34.6 Å². The van der Waals surface area contributed by atoms with E-state index in [1.807, 2.05) is 18.2 Å². The number of hydrogen-bond acceptors (Lipinski definition) is 6. The van der Waals surface area contributed by atoms with E-state index in [2.05, 4.69) is 4.98 Å². The fourth-order valence-electron chi connectivity index (χ4n) is 4.18. The van der Waals surface area contributed by atoms with E-state index >= 15 is 0 Å². The summed E-state index contributed by atoms with van der Waals surface area (Å²) in [6.45, 7) is 0.292. The predicted molar refractivity (Wildman–Crippen MR) is 118 cm³/mol. The maximum atomic E-state index is 13.5. The van der Waals surface area contributed by atoms with E-state index in [1.54, 1.807) is 67.9 Å². The molecule has 1 aliphatic rings. The van der Waals surface area contributed by atoms with Crippen molar-refractivity contribution in [1.29, 1.82) is 0 Å². The number of ether oxygens (including phenoxy) is 2. The normalized spacial score (nSPS) is 15.1. The predicted octanol–water partition coefficient (Wildman–Crippen LogP) is 3.95. The summed E-state index contributed by atoms with van der Waals surface area (Å²) in [5, 5.41) is 0.440. The number of hydrogen-bond donors (Lipinski definition) is 0. The molecule has 2 aromatic carbocycles. The number of fused-ring (bicyclic) bond motifs is 2. The lowest BCUT2D eigenvalue weighted by Gasteiger charge is -2.25. The molecule has 0 saturated heterocycles. The van der Waals surface area contributed by atoms with Gasteiger partial charge in [0.1, 0.15) is 5.58 Å². The third-order valence-corrected chi connectivity index (χ3v) is 5.70. The average Bonchev–Trinajstić information content (AvgIpc) is 3.11. The lowest BCUT2D eigenvalue weighted by molar-refractivity contribution is 0.0714. The number of aromatic nitrogens is 1. The summed E-state index contributed by atoms with van der Waals surface area (Å²) < 4.78 is 16.8. The number of rotatable bonds is 5. The topological polar surface area (TPSA) is 81.9 Å². The number of nitrogens with zero attached hydrogens (tertiary/aromatic N) is 2. The van der Waals surface area contributed by atoms with Gasteiger partial charge >= 0.3 is 0 Å². The van der Waals surface area contributed by atoms with Gasteiger partial charge in [-0.25, -0.2) is 0 Å². The molecule has 3 heterocycles. The van der Waals surface area contributed by atoms with Crippen molar-refractivity contribution in [2.75, 3.05) is 14.2 Å². The molecule has 0 bridgehead atoms. The van der Waals surface area contributed by atoms with E-state index in [9.17, 15) is 9.59 Å². The number of para-hydroxylation sites is 1. The van der Waals surface area contributed by atoms with Crippen molar-refractivity contribution in [2.24, 2.45) is 0 Å². The third-order valence-electron chi connectivity index (χ3n) is 5.70. The number of carbonyl (C=O) groups excluding carboxylic acids is 1. The van der Waals surface area contributed by atoms with Crippen LogP contribution in [-0.4, -0.2) is 30.0 Å². The minimum absolute atomic E-state index is 0.0718. The summed E-state index contributed by atoms with van der Waals surface area (Å²) in [7, 11) is 3.11. The van der Waals surface area contributed by atoms with Gasteiger partial charge in [-0.15, -0.1) is 0 Å². The van der Waals surface area contributed by atoms with Crippen LogP contribution in [0.25, 0.3) is 11.0 Å². The summed E-state index contributed by atoms with van der Waals surface area (Å²) in [5.41, 5.74) is 2.12. The molecule has 5 rings (SSSR count). The molecule has 0 aliphatic carbocycles. The van der Waals surface area contributed by atoms with Gasteiger partial charge in [-0.3, -0.25) is 14.6 Å². The SMILES string of the molecule is COc1ccc([C@H]2c3c(oc4ccccc4c3=O)C(=O)N2Cc2ccncc2)cc1OC. The zero-order valence-electron chi connectivity index (χ0n) is 17.6. The van der Waals surface area contributed by atoms with Crippen LogP contribution >= 0.6 is 0 Å². The molecule has 0 fully saturated rings. The maximum Gasteiger partial charge on any atom is 0.291 e. The molecule has 0 radical (unpaired) electrons. The Labute approximate surface area is 183 Å². The summed E-state index contributed by atoms with van der Waals surface area (Å²) in [5.74, 6) is 0.814. The molecule has 32 heavy (non-hydrogen) atoms. The van der Waals surface area contributed by atoms with Gasteiger partial charge in [0.25, 0.3) is 5.91 Å². The molecule has 0 saturated carbocycles. The van der Waals surface area contributed by atoms with Crippen molar-refractivity contribution in [3.8, 4) is 11.5 Å². The molecular formula is C25H20N2O5. The Balaban J connectivity index is 1.73. The first-order valence-corrected chi connectivity index (χ1v) is 10.1. The highest BCUT2D eigenvalue weighted by molar-refractivity contribution is 5.99. The van der Waals surface area contributed by atoms with Crippen molar-refractivity contribution < 1.29 is 18.7 Å². The summed E-state index contributed by atoms with van der Waals surface area (Å²) in [4.78, 5) is 32.7. The zero-order chi connectivity index (χ0) is 22.2. The summed E-state index contributed by atoms with van der Waals surface area (Å²) in [6.07, 6.45) is 3.35. The molecule has 0 unspecified atom stereocenters. The Morgan fingerprint density at radius 3 is 2.47 bits per heavy atom. The van der Waals surface area contributed by atoms with Crippen LogP contribution in [0.5, 0.6) is 11.5 Å². The first-order valence-electron chi connectivity index (χ1n) is 10.1. The highest BCUT2D eigenvalue weighted by Gasteiger charge is 2.43. The van der Waals surface area contributed by atoms with Gasteiger partial charge in [0.05, 0.1) is 31.2 Å². The van der Waals surface area contributed by atoms with E-state index in [0.717, 1.165) is 11.1 Å². The summed E-state index contributed by atoms with van der Waals surface area (Å²) in [6, 6.07) is 15.4.